The van der Waals surface area contributed by atoms with Crippen molar-refractivity contribution in [2.75, 3.05) is 13.2 Å². The van der Waals surface area contributed by atoms with Gasteiger partial charge >= 0.3 is 5.97 Å². The van der Waals surface area contributed by atoms with E-state index in [9.17, 15) is 45.3 Å². The number of rotatable bonds is 33. The van der Waals surface area contributed by atoms with Gasteiger partial charge in [-0.05, 0) is 19.3 Å². The molecule has 0 spiro atoms. The van der Waals surface area contributed by atoms with E-state index in [0.29, 0.717) is 6.42 Å². The first-order chi connectivity index (χ1) is 28.0. The van der Waals surface area contributed by atoms with Crippen LogP contribution in [0.4, 0.5) is 0 Å². The van der Waals surface area contributed by atoms with Crippen LogP contribution < -0.4 is 10.2 Å². The van der Waals surface area contributed by atoms with Gasteiger partial charge in [0.25, 0.3) is 0 Å². The van der Waals surface area contributed by atoms with E-state index in [2.05, 4.69) is 13.8 Å². The lowest BCUT2D eigenvalue weighted by molar-refractivity contribution is -0.541. The first-order valence-corrected chi connectivity index (χ1v) is 23.0. The number of hydrogen-bond donors (Lipinski definition) is 6. The fourth-order valence-electron chi connectivity index (χ4n) is 7.34. The molecule has 2 aliphatic rings. The number of esters is 1. The highest BCUT2D eigenvalue weighted by atomic mass is 16.7. The van der Waals surface area contributed by atoms with Crippen molar-refractivity contribution in [3.63, 3.8) is 0 Å². The maximum Gasteiger partial charge on any atom is 0.305 e. The molecule has 0 amide bonds. The molecule has 0 bridgehead atoms. The standard InChI is InChI=1S/C28H51O12.C16H32O2/c1-2-3-4-5-6-7-8-9-10-11-12-13-14-15-20(30)37-17-19-22(32)23(33)25(35)28(39-19)40-26-24(34)21(31)18(16-29)38-27(26)36;1-2-3-4-5-6-7-8-9-10-11-12-13-14-15-16(17)18/h18-19,21-29,31-35H,2-17H2,1H3;2-15H2,1H3,(H,17,18)/q-1;/p-1/t18-,19-,21-,22-,23+,24+,25-,26-,27+,28-;/m1./s1. The van der Waals surface area contributed by atoms with Gasteiger partial charge in [-0.2, -0.15) is 0 Å². The molecule has 2 aliphatic heterocycles. The molecule has 2 saturated heterocycles. The molecule has 14 heteroatoms. The summed E-state index contributed by atoms with van der Waals surface area (Å²) in [7, 11) is 0. The third-order valence-corrected chi connectivity index (χ3v) is 11.2. The van der Waals surface area contributed by atoms with E-state index in [4.69, 9.17) is 24.1 Å². The average molecular weight is 835 g/mol. The van der Waals surface area contributed by atoms with Crippen LogP contribution in [0.5, 0.6) is 0 Å². The number of ether oxygens (including phenoxy) is 4. The monoisotopic (exact) mass is 835 g/mol. The van der Waals surface area contributed by atoms with Gasteiger partial charge < -0.3 is 64.6 Å². The van der Waals surface area contributed by atoms with Gasteiger partial charge in [0.1, 0.15) is 55.4 Å². The Balaban J connectivity index is 0.000000784. The van der Waals surface area contributed by atoms with Crippen molar-refractivity contribution >= 4 is 11.9 Å². The zero-order chi connectivity index (χ0) is 43.0. The summed E-state index contributed by atoms with van der Waals surface area (Å²) in [5, 5.41) is 82.6. The van der Waals surface area contributed by atoms with Gasteiger partial charge in [-0.15, -0.1) is 0 Å². The molecule has 2 heterocycles. The van der Waals surface area contributed by atoms with E-state index in [0.717, 1.165) is 32.1 Å². The molecular formula is C44H82O14-2. The highest BCUT2D eigenvalue weighted by molar-refractivity contribution is 5.69. The molecule has 0 aliphatic carbocycles. The van der Waals surface area contributed by atoms with Crippen LogP contribution in [0, 0.1) is 0 Å². The summed E-state index contributed by atoms with van der Waals surface area (Å²) in [6, 6.07) is 0. The number of aliphatic hydroxyl groups excluding tert-OH is 6. The number of unbranched alkanes of at least 4 members (excludes halogenated alkanes) is 24. The molecule has 0 unspecified atom stereocenters. The smallest absolute Gasteiger partial charge is 0.305 e. The molecule has 0 radical (unpaired) electrons. The lowest BCUT2D eigenvalue weighted by Crippen LogP contribution is -2.66. The summed E-state index contributed by atoms with van der Waals surface area (Å²) in [4.78, 5) is 22.4. The van der Waals surface area contributed by atoms with E-state index in [1.807, 2.05) is 0 Å². The summed E-state index contributed by atoms with van der Waals surface area (Å²) < 4.78 is 20.9. The van der Waals surface area contributed by atoms with E-state index < -0.39 is 86.6 Å². The van der Waals surface area contributed by atoms with Crippen molar-refractivity contribution in [1.82, 2.24) is 0 Å². The lowest BCUT2D eigenvalue weighted by atomic mass is 9.97. The molecule has 14 nitrogen and oxygen atoms in total. The van der Waals surface area contributed by atoms with E-state index in [-0.39, 0.29) is 12.8 Å². The van der Waals surface area contributed by atoms with Crippen molar-refractivity contribution in [2.24, 2.45) is 0 Å². The second-order valence-corrected chi connectivity index (χ2v) is 16.4. The normalized spacial score (nSPS) is 27.2. The average Bonchev–Trinajstić information content (AvgIpc) is 3.21. The topological polar surface area (TPSA) is 239 Å². The molecule has 6 N–H and O–H groups in total. The van der Waals surface area contributed by atoms with Crippen LogP contribution in [-0.4, -0.2) is 117 Å². The number of aliphatic hydroxyl groups is 6. The predicted octanol–water partition coefficient (Wildman–Crippen LogP) is 4.22. The van der Waals surface area contributed by atoms with Gasteiger partial charge in [0.2, 0.25) is 0 Å². The second-order valence-electron chi connectivity index (χ2n) is 16.4. The molecule has 58 heavy (non-hydrogen) atoms. The Morgan fingerprint density at radius 3 is 1.33 bits per heavy atom. The maximum absolute atomic E-state index is 12.2. The van der Waals surface area contributed by atoms with Crippen LogP contribution in [0.2, 0.25) is 0 Å². The molecular weight excluding hydrogens is 752 g/mol. The van der Waals surface area contributed by atoms with Crippen molar-refractivity contribution < 1.29 is 69.4 Å². The molecule has 0 aromatic rings. The third kappa shape index (κ3) is 24.7. The molecule has 0 aromatic heterocycles. The Morgan fingerprint density at radius 1 is 0.517 bits per heavy atom. The molecule has 2 fully saturated rings. The summed E-state index contributed by atoms with van der Waals surface area (Å²) >= 11 is 0. The van der Waals surface area contributed by atoms with E-state index >= 15 is 0 Å². The Kier molecular flexibility index (Phi) is 33.1. The van der Waals surface area contributed by atoms with Crippen molar-refractivity contribution in [2.45, 2.75) is 255 Å². The number of carboxylic acids is 1. The van der Waals surface area contributed by atoms with Gasteiger partial charge in [-0.3, -0.25) is 4.79 Å². The van der Waals surface area contributed by atoms with Crippen LogP contribution in [-0.2, 0) is 28.5 Å². The van der Waals surface area contributed by atoms with Gasteiger partial charge in [0.15, 0.2) is 6.29 Å². The van der Waals surface area contributed by atoms with E-state index in [1.165, 1.54) is 128 Å². The minimum atomic E-state index is -2.04. The Hall–Kier alpha value is -1.46. The van der Waals surface area contributed by atoms with Gasteiger partial charge in [0.05, 0.1) is 6.61 Å². The highest BCUT2D eigenvalue weighted by Crippen LogP contribution is 2.28. The van der Waals surface area contributed by atoms with Crippen molar-refractivity contribution in [1.29, 1.82) is 0 Å². The fraction of sp³-hybridized carbons (Fsp3) is 0.955. The SMILES string of the molecule is CCCCCCCCCCCCCCCC(=O)OC[C@H]1O[C@H](O[C@@H]2[C@@H](O)[C@H](O)[C@@H](CO)O[C@@H]2[O-])[C@H](O)[C@@H](O)[C@@H]1O.CCCCCCCCCCCCCCCC(=O)[O-]. The number of hydrogen-bond acceptors (Lipinski definition) is 14. The molecule has 344 valence electrons. The highest BCUT2D eigenvalue weighted by Gasteiger charge is 2.48. The second kappa shape index (κ2) is 35.2. The van der Waals surface area contributed by atoms with E-state index in [1.54, 1.807) is 0 Å². The van der Waals surface area contributed by atoms with Gasteiger partial charge in [0, 0.05) is 18.7 Å². The predicted molar refractivity (Wildman–Crippen MR) is 216 cm³/mol. The molecule has 0 saturated carbocycles. The minimum Gasteiger partial charge on any atom is -0.829 e. The molecule has 10 atom stereocenters. The van der Waals surface area contributed by atoms with Gasteiger partial charge in [-0.25, -0.2) is 0 Å². The zero-order valence-electron chi connectivity index (χ0n) is 35.9. The number of aliphatic carboxylic acids is 1. The van der Waals surface area contributed by atoms with Gasteiger partial charge in [-0.1, -0.05) is 168 Å². The summed E-state index contributed by atoms with van der Waals surface area (Å²) in [6.07, 6.45) is 15.9. The number of carboxylic acid groups (broad SMARTS) is 1. The lowest BCUT2D eigenvalue weighted by Gasteiger charge is -2.48. The Morgan fingerprint density at radius 2 is 0.914 bits per heavy atom. The quantitative estimate of drug-likeness (QED) is 0.0401. The van der Waals surface area contributed by atoms with Crippen molar-refractivity contribution in [3.8, 4) is 0 Å². The fourth-order valence-corrected chi connectivity index (χ4v) is 7.34. The molecule has 0 aromatic carbocycles. The molecule has 2 rings (SSSR count). The largest absolute Gasteiger partial charge is 0.829 e. The minimum absolute atomic E-state index is 0.194. The van der Waals surface area contributed by atoms with Crippen molar-refractivity contribution in [3.05, 3.63) is 0 Å². The number of carbonyl (C=O) groups excluding carboxylic acids is 2. The third-order valence-electron chi connectivity index (χ3n) is 11.2. The Labute approximate surface area is 349 Å². The Bertz CT molecular complexity index is 988. The summed E-state index contributed by atoms with van der Waals surface area (Å²) in [6.45, 7) is 3.35. The van der Waals surface area contributed by atoms with Crippen LogP contribution in [0.15, 0.2) is 0 Å². The summed E-state index contributed by atoms with van der Waals surface area (Å²) in [5.74, 6) is -1.40. The first-order valence-electron chi connectivity index (χ1n) is 23.0. The zero-order valence-corrected chi connectivity index (χ0v) is 35.9. The van der Waals surface area contributed by atoms with Crippen LogP contribution in [0.25, 0.3) is 0 Å². The number of carbonyl (C=O) groups is 2. The maximum atomic E-state index is 12.2. The van der Waals surface area contributed by atoms with Crippen LogP contribution >= 0.6 is 0 Å². The van der Waals surface area contributed by atoms with Crippen LogP contribution in [0.3, 0.4) is 0 Å². The van der Waals surface area contributed by atoms with Crippen LogP contribution in [0.1, 0.15) is 194 Å². The summed E-state index contributed by atoms with van der Waals surface area (Å²) in [5.41, 5.74) is 0. The first kappa shape index (κ1) is 54.6.